The van der Waals surface area contributed by atoms with E-state index in [4.69, 9.17) is 5.73 Å². The van der Waals surface area contributed by atoms with E-state index in [0.29, 0.717) is 42.0 Å². The van der Waals surface area contributed by atoms with Crippen molar-refractivity contribution in [2.75, 3.05) is 0 Å². The SMILES string of the molecule is CC(C)c1ccc(C2C(C#N)=C(N)N(NC(=O)c3ccc(O)cc3)C3=C2C(=O)CCC3)cc1. The van der Waals surface area contributed by atoms with E-state index in [1.165, 1.54) is 29.3 Å². The lowest BCUT2D eigenvalue weighted by Crippen LogP contribution is -2.48. The topological polar surface area (TPSA) is 119 Å². The summed E-state index contributed by atoms with van der Waals surface area (Å²) in [5, 5.41) is 20.9. The molecule has 0 radical (unpaired) electrons. The van der Waals surface area contributed by atoms with Gasteiger partial charge in [0, 0.05) is 23.3 Å². The molecule has 4 N–H and O–H groups in total. The lowest BCUT2D eigenvalue weighted by Gasteiger charge is -2.39. The molecule has 0 spiro atoms. The first kappa shape index (κ1) is 22.2. The van der Waals surface area contributed by atoms with E-state index in [-0.39, 0.29) is 22.9 Å². The number of carbonyl (C=O) groups excluding carboxylic acids is 2. The number of rotatable bonds is 4. The monoisotopic (exact) mass is 442 g/mol. The van der Waals surface area contributed by atoms with Gasteiger partial charge in [0.2, 0.25) is 0 Å². The molecule has 0 fully saturated rings. The molecule has 1 aliphatic heterocycles. The summed E-state index contributed by atoms with van der Waals surface area (Å²) >= 11 is 0. The van der Waals surface area contributed by atoms with Crippen molar-refractivity contribution >= 4 is 11.7 Å². The van der Waals surface area contributed by atoms with Crippen molar-refractivity contribution in [2.24, 2.45) is 5.73 Å². The minimum atomic E-state index is -0.569. The number of hydrazine groups is 1. The molecule has 4 rings (SSSR count). The van der Waals surface area contributed by atoms with Crippen molar-refractivity contribution in [2.45, 2.75) is 44.9 Å². The zero-order chi connectivity index (χ0) is 23.7. The zero-order valence-electron chi connectivity index (χ0n) is 18.6. The number of nitrogens with zero attached hydrogens (tertiary/aromatic N) is 2. The van der Waals surface area contributed by atoms with E-state index in [0.717, 1.165) is 11.1 Å². The first-order valence-electron chi connectivity index (χ1n) is 11.0. The summed E-state index contributed by atoms with van der Waals surface area (Å²) in [5.74, 6) is -0.557. The van der Waals surface area contributed by atoms with Crippen molar-refractivity contribution in [1.82, 2.24) is 10.4 Å². The Balaban J connectivity index is 1.78. The minimum absolute atomic E-state index is 0.0432. The van der Waals surface area contributed by atoms with Crippen molar-refractivity contribution in [1.29, 1.82) is 5.26 Å². The molecule has 1 amide bonds. The van der Waals surface area contributed by atoms with Gasteiger partial charge < -0.3 is 10.8 Å². The van der Waals surface area contributed by atoms with Gasteiger partial charge in [0.05, 0.1) is 17.6 Å². The molecule has 7 heteroatoms. The van der Waals surface area contributed by atoms with E-state index in [1.54, 1.807) is 0 Å². The molecule has 2 aliphatic rings. The smallest absolute Gasteiger partial charge is 0.270 e. The van der Waals surface area contributed by atoms with Gasteiger partial charge in [-0.25, -0.2) is 5.01 Å². The molecular formula is C26H26N4O3. The summed E-state index contributed by atoms with van der Waals surface area (Å²) in [5.41, 5.74) is 12.8. The first-order valence-corrected chi connectivity index (χ1v) is 11.0. The molecule has 2 aromatic rings. The molecule has 7 nitrogen and oxygen atoms in total. The minimum Gasteiger partial charge on any atom is -0.508 e. The van der Waals surface area contributed by atoms with Crippen molar-refractivity contribution in [3.63, 3.8) is 0 Å². The number of ketones is 1. The lowest BCUT2D eigenvalue weighted by molar-refractivity contribution is -0.116. The van der Waals surface area contributed by atoms with Gasteiger partial charge in [-0.1, -0.05) is 38.1 Å². The largest absolute Gasteiger partial charge is 0.508 e. The number of amides is 1. The number of nitriles is 1. The summed E-state index contributed by atoms with van der Waals surface area (Å²) in [6, 6.07) is 15.9. The van der Waals surface area contributed by atoms with Gasteiger partial charge in [0.15, 0.2) is 5.78 Å². The van der Waals surface area contributed by atoms with Gasteiger partial charge in [0.1, 0.15) is 11.6 Å². The van der Waals surface area contributed by atoms with Crippen LogP contribution in [0.25, 0.3) is 0 Å². The molecule has 1 unspecified atom stereocenters. The van der Waals surface area contributed by atoms with Crippen LogP contribution in [0.5, 0.6) is 5.75 Å². The average molecular weight is 443 g/mol. The van der Waals surface area contributed by atoms with Crippen LogP contribution in [0.1, 0.15) is 66.4 Å². The highest BCUT2D eigenvalue weighted by Crippen LogP contribution is 2.44. The number of benzene rings is 2. The van der Waals surface area contributed by atoms with Crippen LogP contribution in [-0.4, -0.2) is 21.8 Å². The van der Waals surface area contributed by atoms with E-state index >= 15 is 0 Å². The third-order valence-electron chi connectivity index (χ3n) is 6.19. The van der Waals surface area contributed by atoms with Gasteiger partial charge in [-0.2, -0.15) is 5.26 Å². The highest BCUT2D eigenvalue weighted by atomic mass is 16.3. The molecule has 33 heavy (non-hydrogen) atoms. The number of nitrogens with one attached hydrogen (secondary N) is 1. The fourth-order valence-corrected chi connectivity index (χ4v) is 4.40. The maximum atomic E-state index is 13.1. The first-order chi connectivity index (χ1) is 15.8. The predicted molar refractivity (Wildman–Crippen MR) is 123 cm³/mol. The zero-order valence-corrected chi connectivity index (χ0v) is 18.6. The highest BCUT2D eigenvalue weighted by molar-refractivity contribution is 6.00. The van der Waals surface area contributed by atoms with Gasteiger partial charge in [-0.15, -0.1) is 0 Å². The summed E-state index contributed by atoms with van der Waals surface area (Å²) in [7, 11) is 0. The molecule has 1 heterocycles. The summed E-state index contributed by atoms with van der Waals surface area (Å²) in [6.45, 7) is 4.21. The van der Waals surface area contributed by atoms with Gasteiger partial charge in [-0.05, 0) is 54.2 Å². The molecule has 1 aliphatic carbocycles. The van der Waals surface area contributed by atoms with Crippen LogP contribution in [0.15, 0.2) is 71.2 Å². The summed E-state index contributed by atoms with van der Waals surface area (Å²) < 4.78 is 0. The number of carbonyl (C=O) groups is 2. The Kier molecular flexibility index (Phi) is 5.93. The Morgan fingerprint density at radius 1 is 1.15 bits per heavy atom. The summed E-state index contributed by atoms with van der Waals surface area (Å²) in [6.07, 6.45) is 1.58. The second-order valence-corrected chi connectivity index (χ2v) is 8.63. The normalized spacial score (nSPS) is 18.3. The van der Waals surface area contributed by atoms with Gasteiger partial charge in [-0.3, -0.25) is 15.0 Å². The van der Waals surface area contributed by atoms with Crippen molar-refractivity contribution in [3.8, 4) is 11.8 Å². The van der Waals surface area contributed by atoms with Gasteiger partial charge in [0.25, 0.3) is 5.91 Å². The molecule has 0 bridgehead atoms. The predicted octanol–water partition coefficient (Wildman–Crippen LogP) is 3.96. The molecule has 1 atom stereocenters. The third kappa shape index (κ3) is 4.08. The van der Waals surface area contributed by atoms with E-state index in [1.807, 2.05) is 24.3 Å². The Morgan fingerprint density at radius 3 is 2.42 bits per heavy atom. The molecule has 0 aromatic heterocycles. The Hall–Kier alpha value is -4.05. The lowest BCUT2D eigenvalue weighted by atomic mass is 9.76. The van der Waals surface area contributed by atoms with Crippen LogP contribution < -0.4 is 11.2 Å². The van der Waals surface area contributed by atoms with Crippen LogP contribution in [0.3, 0.4) is 0 Å². The van der Waals surface area contributed by atoms with Crippen LogP contribution in [-0.2, 0) is 4.79 Å². The van der Waals surface area contributed by atoms with Crippen LogP contribution in [0.4, 0.5) is 0 Å². The molecule has 0 saturated heterocycles. The number of Topliss-reactive ketones (excluding diaryl/α,β-unsaturated/α-hetero) is 1. The maximum absolute atomic E-state index is 13.1. The number of hydrogen-bond acceptors (Lipinski definition) is 6. The number of allylic oxidation sites excluding steroid dienone is 3. The summed E-state index contributed by atoms with van der Waals surface area (Å²) in [4.78, 5) is 26.0. The standard InChI is InChI=1S/C26H26N4O3/c1-15(2)16-6-8-17(9-7-16)23-20(14-27)25(28)30(21-4-3-5-22(32)24(21)23)29-26(33)18-10-12-19(31)13-11-18/h6-13,15,23,31H,3-5,28H2,1-2H3,(H,29,33). The van der Waals surface area contributed by atoms with Crippen molar-refractivity contribution in [3.05, 3.63) is 87.9 Å². The third-order valence-corrected chi connectivity index (χ3v) is 6.19. The van der Waals surface area contributed by atoms with E-state index in [9.17, 15) is 20.0 Å². The Morgan fingerprint density at radius 2 is 1.82 bits per heavy atom. The molecule has 2 aromatic carbocycles. The fraction of sp³-hybridized carbons (Fsp3) is 0.269. The Bertz CT molecular complexity index is 1200. The number of phenols is 1. The van der Waals surface area contributed by atoms with Gasteiger partial charge >= 0.3 is 0 Å². The van der Waals surface area contributed by atoms with E-state index in [2.05, 4.69) is 25.3 Å². The quantitative estimate of drug-likeness (QED) is 0.659. The highest BCUT2D eigenvalue weighted by Gasteiger charge is 2.40. The number of nitrogens with two attached hydrogens (primary N) is 1. The van der Waals surface area contributed by atoms with Crippen molar-refractivity contribution < 1.29 is 14.7 Å². The Labute approximate surface area is 192 Å². The van der Waals surface area contributed by atoms with Crippen LogP contribution in [0.2, 0.25) is 0 Å². The second kappa shape index (κ2) is 8.83. The number of aromatic hydroxyl groups is 1. The average Bonchev–Trinajstić information content (AvgIpc) is 2.81. The van der Waals surface area contributed by atoms with Crippen LogP contribution in [0, 0.1) is 11.3 Å². The second-order valence-electron chi connectivity index (χ2n) is 8.63. The number of phenolic OH excluding ortho intramolecular Hbond substituents is 1. The van der Waals surface area contributed by atoms with Crippen LogP contribution >= 0.6 is 0 Å². The number of hydrogen-bond donors (Lipinski definition) is 3. The molecular weight excluding hydrogens is 416 g/mol. The molecule has 168 valence electrons. The maximum Gasteiger partial charge on any atom is 0.270 e. The van der Waals surface area contributed by atoms with E-state index < -0.39 is 11.8 Å². The fourth-order valence-electron chi connectivity index (χ4n) is 4.40. The molecule has 0 saturated carbocycles.